The van der Waals surface area contributed by atoms with Gasteiger partial charge in [-0.05, 0) is 33.4 Å². The van der Waals surface area contributed by atoms with Crippen LogP contribution in [0.2, 0.25) is 5.15 Å². The normalized spacial score (nSPS) is 17.1. The number of rotatable bonds is 4. The van der Waals surface area contributed by atoms with Crippen LogP contribution in [0.4, 0.5) is 0 Å². The van der Waals surface area contributed by atoms with E-state index in [0.29, 0.717) is 12.2 Å². The predicted molar refractivity (Wildman–Crippen MR) is 74.3 cm³/mol. The minimum Gasteiger partial charge on any atom is -0.338 e. The number of hydrogen-bond acceptors (Lipinski definition) is 4. The number of carbonyl (C=O) groups is 1. The fourth-order valence-electron chi connectivity index (χ4n) is 2.49. The maximum absolute atomic E-state index is 12.3. The lowest BCUT2D eigenvalue weighted by atomic mass is 9.75. The third-order valence-electron chi connectivity index (χ3n) is 3.94. The van der Waals surface area contributed by atoms with E-state index >= 15 is 0 Å². The molecule has 0 unspecified atom stereocenters. The molecule has 1 aromatic rings. The summed E-state index contributed by atoms with van der Waals surface area (Å²) in [6.45, 7) is 0.701. The fraction of sp³-hybridized carbons (Fsp3) is 0.615. The van der Waals surface area contributed by atoms with Crippen LogP contribution in [0.25, 0.3) is 0 Å². The second-order valence-electron chi connectivity index (χ2n) is 5.36. The lowest BCUT2D eigenvalue weighted by Gasteiger charge is -2.49. The highest BCUT2D eigenvalue weighted by Gasteiger charge is 2.40. The monoisotopic (exact) mass is 282 g/mol. The molecule has 0 atom stereocenters. The first-order valence-corrected chi connectivity index (χ1v) is 6.73. The Morgan fingerprint density at radius 1 is 1.37 bits per heavy atom. The Hall–Kier alpha value is -1.20. The Bertz CT molecular complexity index is 473. The minimum atomic E-state index is -0.136. The molecule has 1 aliphatic carbocycles. The largest absolute Gasteiger partial charge is 0.338 e. The molecule has 1 aromatic heterocycles. The molecular formula is C13H19ClN4O. The summed E-state index contributed by atoms with van der Waals surface area (Å²) in [5.74, 6) is -0.136. The van der Waals surface area contributed by atoms with Gasteiger partial charge in [0, 0.05) is 19.1 Å². The minimum absolute atomic E-state index is 0.108. The predicted octanol–water partition coefficient (Wildman–Crippen LogP) is 1.69. The molecule has 0 saturated heterocycles. The van der Waals surface area contributed by atoms with E-state index in [0.717, 1.165) is 12.8 Å². The average molecular weight is 283 g/mol. The molecule has 1 fully saturated rings. The molecule has 0 radical (unpaired) electrons. The number of aromatic nitrogens is 2. The number of nitrogens with zero attached hydrogens (tertiary/aromatic N) is 4. The van der Waals surface area contributed by atoms with Gasteiger partial charge in [-0.2, -0.15) is 0 Å². The summed E-state index contributed by atoms with van der Waals surface area (Å²) in [5.41, 5.74) is 0.402. The topological polar surface area (TPSA) is 49.3 Å². The van der Waals surface area contributed by atoms with E-state index in [4.69, 9.17) is 11.6 Å². The van der Waals surface area contributed by atoms with Gasteiger partial charge in [-0.1, -0.05) is 11.6 Å². The van der Waals surface area contributed by atoms with Gasteiger partial charge >= 0.3 is 0 Å². The number of likely N-dealkylation sites (N-methyl/N-ethyl adjacent to an activating group) is 2. The molecule has 5 nitrogen and oxygen atoms in total. The molecule has 1 heterocycles. The van der Waals surface area contributed by atoms with Crippen LogP contribution in [0.5, 0.6) is 0 Å². The van der Waals surface area contributed by atoms with Crippen molar-refractivity contribution in [3.63, 3.8) is 0 Å². The summed E-state index contributed by atoms with van der Waals surface area (Å²) in [6, 6.07) is 0. The van der Waals surface area contributed by atoms with Gasteiger partial charge in [-0.25, -0.2) is 4.98 Å². The van der Waals surface area contributed by atoms with Crippen LogP contribution in [-0.4, -0.2) is 58.9 Å². The number of carbonyl (C=O) groups excluding carboxylic acids is 1. The van der Waals surface area contributed by atoms with Crippen LogP contribution in [0.1, 0.15) is 29.8 Å². The van der Waals surface area contributed by atoms with E-state index in [1.165, 1.54) is 18.8 Å². The van der Waals surface area contributed by atoms with E-state index in [9.17, 15) is 4.79 Å². The molecule has 19 heavy (non-hydrogen) atoms. The Balaban J connectivity index is 2.07. The molecule has 1 aliphatic rings. The highest BCUT2D eigenvalue weighted by atomic mass is 35.5. The van der Waals surface area contributed by atoms with E-state index in [1.54, 1.807) is 11.9 Å². The van der Waals surface area contributed by atoms with Gasteiger partial charge in [0.1, 0.15) is 10.8 Å². The smallest absolute Gasteiger partial charge is 0.273 e. The van der Waals surface area contributed by atoms with Gasteiger partial charge in [0.25, 0.3) is 5.91 Å². The van der Waals surface area contributed by atoms with Crippen LogP contribution in [0.15, 0.2) is 12.4 Å². The summed E-state index contributed by atoms with van der Waals surface area (Å²) < 4.78 is 0. The first kappa shape index (κ1) is 14.2. The third kappa shape index (κ3) is 2.87. The Labute approximate surface area is 118 Å². The molecular weight excluding hydrogens is 264 g/mol. The first-order chi connectivity index (χ1) is 8.94. The van der Waals surface area contributed by atoms with Gasteiger partial charge in [-0.3, -0.25) is 9.78 Å². The fourth-order valence-corrected chi connectivity index (χ4v) is 2.63. The highest BCUT2D eigenvalue weighted by Crippen LogP contribution is 2.36. The lowest BCUT2D eigenvalue weighted by molar-refractivity contribution is 0.0250. The first-order valence-electron chi connectivity index (χ1n) is 6.35. The van der Waals surface area contributed by atoms with Crippen molar-refractivity contribution in [2.24, 2.45) is 0 Å². The van der Waals surface area contributed by atoms with Gasteiger partial charge in [0.05, 0.1) is 12.4 Å². The molecule has 0 spiro atoms. The van der Waals surface area contributed by atoms with Crippen molar-refractivity contribution in [3.05, 3.63) is 23.2 Å². The highest BCUT2D eigenvalue weighted by molar-refractivity contribution is 6.29. The zero-order valence-corrected chi connectivity index (χ0v) is 12.3. The standard InChI is InChI=1S/C13H19ClN4O/c1-17(2)13(5-4-6-13)9-18(3)12(19)10-7-15-8-11(14)16-10/h7-8H,4-6,9H2,1-3H3. The molecule has 1 amide bonds. The van der Waals surface area contributed by atoms with E-state index in [2.05, 4.69) is 29.0 Å². The molecule has 0 N–H and O–H groups in total. The summed E-state index contributed by atoms with van der Waals surface area (Å²) >= 11 is 5.76. The summed E-state index contributed by atoms with van der Waals surface area (Å²) in [6.07, 6.45) is 6.34. The molecule has 0 aromatic carbocycles. The second kappa shape index (κ2) is 5.43. The molecule has 6 heteroatoms. The summed E-state index contributed by atoms with van der Waals surface area (Å²) in [4.78, 5) is 24.1. The van der Waals surface area contributed by atoms with Crippen LogP contribution < -0.4 is 0 Å². The quantitative estimate of drug-likeness (QED) is 0.843. The zero-order chi connectivity index (χ0) is 14.0. The molecule has 0 aliphatic heterocycles. The number of halogens is 1. The van der Waals surface area contributed by atoms with Crippen LogP contribution >= 0.6 is 11.6 Å². The lowest BCUT2D eigenvalue weighted by Crippen LogP contribution is -2.57. The number of hydrogen-bond donors (Lipinski definition) is 0. The Morgan fingerprint density at radius 3 is 2.53 bits per heavy atom. The number of amides is 1. The van der Waals surface area contributed by atoms with Crippen molar-refractivity contribution >= 4 is 17.5 Å². The van der Waals surface area contributed by atoms with Crippen LogP contribution in [0, 0.1) is 0 Å². The molecule has 1 saturated carbocycles. The maximum atomic E-state index is 12.3. The van der Waals surface area contributed by atoms with Crippen LogP contribution in [-0.2, 0) is 0 Å². The average Bonchev–Trinajstić information content (AvgIpc) is 2.32. The molecule has 0 bridgehead atoms. The van der Waals surface area contributed by atoms with Gasteiger partial charge in [-0.15, -0.1) is 0 Å². The third-order valence-corrected chi connectivity index (χ3v) is 4.12. The van der Waals surface area contributed by atoms with Crippen molar-refractivity contribution in [2.75, 3.05) is 27.7 Å². The van der Waals surface area contributed by atoms with Crippen molar-refractivity contribution in [3.8, 4) is 0 Å². The molecule has 2 rings (SSSR count). The summed E-state index contributed by atoms with van der Waals surface area (Å²) in [5, 5.41) is 0.241. The SMILES string of the molecule is CN(CC1(N(C)C)CCC1)C(=O)c1cncc(Cl)n1. The Morgan fingerprint density at radius 2 is 2.05 bits per heavy atom. The molecule has 104 valence electrons. The van der Waals surface area contributed by atoms with E-state index < -0.39 is 0 Å². The summed E-state index contributed by atoms with van der Waals surface area (Å²) in [7, 11) is 5.93. The van der Waals surface area contributed by atoms with Crippen molar-refractivity contribution in [1.29, 1.82) is 0 Å². The van der Waals surface area contributed by atoms with Gasteiger partial charge in [0.15, 0.2) is 0 Å². The van der Waals surface area contributed by atoms with Gasteiger partial charge in [0.2, 0.25) is 0 Å². The second-order valence-corrected chi connectivity index (χ2v) is 5.75. The van der Waals surface area contributed by atoms with Crippen molar-refractivity contribution in [2.45, 2.75) is 24.8 Å². The van der Waals surface area contributed by atoms with E-state index in [1.807, 2.05) is 0 Å². The van der Waals surface area contributed by atoms with Crippen LogP contribution in [0.3, 0.4) is 0 Å². The maximum Gasteiger partial charge on any atom is 0.273 e. The van der Waals surface area contributed by atoms with Crippen molar-refractivity contribution in [1.82, 2.24) is 19.8 Å². The van der Waals surface area contributed by atoms with E-state index in [-0.39, 0.29) is 16.6 Å². The zero-order valence-electron chi connectivity index (χ0n) is 11.6. The van der Waals surface area contributed by atoms with Gasteiger partial charge < -0.3 is 9.80 Å². The Kier molecular flexibility index (Phi) is 4.06. The van der Waals surface area contributed by atoms with Crippen molar-refractivity contribution < 1.29 is 4.79 Å².